The highest BCUT2D eigenvalue weighted by atomic mass is 16.4. The maximum absolute atomic E-state index is 9.87. The number of rotatable bonds is 3. The number of carbonyl (C=O) groups is 2. The highest BCUT2D eigenvalue weighted by molar-refractivity contribution is 5.91. The van der Waals surface area contributed by atoms with Crippen LogP contribution in [0, 0.1) is 0 Å². The summed E-state index contributed by atoms with van der Waals surface area (Å²) in [5, 5.41) is 16.1. The zero-order valence-electron chi connectivity index (χ0n) is 6.20. The van der Waals surface area contributed by atoms with E-state index in [1.165, 1.54) is 7.05 Å². The van der Waals surface area contributed by atoms with Gasteiger partial charge in [0.25, 0.3) is 0 Å². The third-order valence-electron chi connectivity index (χ3n) is 0.667. The lowest BCUT2D eigenvalue weighted by atomic mass is 10.2. The molecule has 0 amide bonds. The van der Waals surface area contributed by atoms with Gasteiger partial charge in [0.15, 0.2) is 0 Å². The highest BCUT2D eigenvalue weighted by Gasteiger charge is 2.07. The topological polar surface area (TPSA) is 101 Å². The molecule has 11 heavy (non-hydrogen) atoms. The molecule has 0 aliphatic rings. The lowest BCUT2D eigenvalue weighted by Gasteiger charge is -1.91. The second kappa shape index (κ2) is 6.76. The van der Waals surface area contributed by atoms with E-state index in [1.54, 1.807) is 0 Å². The van der Waals surface area contributed by atoms with Crippen LogP contribution in [-0.4, -0.2) is 29.2 Å². The molecule has 0 aromatic rings. The first kappa shape index (κ1) is 12.3. The fraction of sp³-hybridized carbons (Fsp3) is 0.333. The van der Waals surface area contributed by atoms with Crippen molar-refractivity contribution in [3.8, 4) is 0 Å². The first-order valence-electron chi connectivity index (χ1n) is 2.74. The summed E-state index contributed by atoms with van der Waals surface area (Å²) < 4.78 is 0. The van der Waals surface area contributed by atoms with Gasteiger partial charge in [-0.05, 0) is 7.05 Å². The van der Waals surface area contributed by atoms with Gasteiger partial charge in [0.2, 0.25) is 0 Å². The average molecular weight is 161 g/mol. The van der Waals surface area contributed by atoms with Crippen LogP contribution in [0.1, 0.15) is 6.42 Å². The summed E-state index contributed by atoms with van der Waals surface area (Å²) in [6.07, 6.45) is -0.505. The van der Waals surface area contributed by atoms with Crippen LogP contribution in [-0.2, 0) is 9.59 Å². The molecular weight excluding hydrogens is 150 g/mol. The number of carboxylic acid groups (broad SMARTS) is 2. The molecule has 0 aromatic heterocycles. The zero-order chi connectivity index (χ0) is 9.44. The Labute approximate surface area is 64.1 Å². The van der Waals surface area contributed by atoms with Crippen molar-refractivity contribution >= 4 is 11.9 Å². The van der Waals surface area contributed by atoms with Crippen molar-refractivity contribution in [2.45, 2.75) is 6.42 Å². The molecule has 64 valence electrons. The Bertz CT molecular complexity index is 164. The summed E-state index contributed by atoms with van der Waals surface area (Å²) in [6, 6.07) is 0. The van der Waals surface area contributed by atoms with Gasteiger partial charge in [-0.2, -0.15) is 0 Å². The molecule has 0 radical (unpaired) electrons. The lowest BCUT2D eigenvalue weighted by molar-refractivity contribution is -0.139. The minimum absolute atomic E-state index is 0.303. The van der Waals surface area contributed by atoms with Gasteiger partial charge >= 0.3 is 11.9 Å². The van der Waals surface area contributed by atoms with Gasteiger partial charge in [0.1, 0.15) is 0 Å². The highest BCUT2D eigenvalue weighted by Crippen LogP contribution is 1.95. The second-order valence-electron chi connectivity index (χ2n) is 1.48. The summed E-state index contributed by atoms with van der Waals surface area (Å²) >= 11 is 0. The van der Waals surface area contributed by atoms with Gasteiger partial charge in [0.05, 0.1) is 6.42 Å². The smallest absolute Gasteiger partial charge is 0.331 e. The number of nitrogens with two attached hydrogens (primary N) is 1. The van der Waals surface area contributed by atoms with Crippen LogP contribution < -0.4 is 5.73 Å². The van der Waals surface area contributed by atoms with Gasteiger partial charge in [-0.3, -0.25) is 4.79 Å². The Morgan fingerprint density at radius 1 is 1.36 bits per heavy atom. The van der Waals surface area contributed by atoms with Gasteiger partial charge in [0, 0.05) is 5.57 Å². The minimum atomic E-state index is -1.27. The number of hydrogen-bond acceptors (Lipinski definition) is 3. The predicted octanol–water partition coefficient (Wildman–Crippen LogP) is -0.323. The monoisotopic (exact) mass is 161 g/mol. The molecule has 4 N–H and O–H groups in total. The molecule has 5 nitrogen and oxygen atoms in total. The second-order valence-corrected chi connectivity index (χ2v) is 1.48. The van der Waals surface area contributed by atoms with E-state index in [9.17, 15) is 9.59 Å². The molecule has 0 aliphatic heterocycles. The van der Waals surface area contributed by atoms with Crippen LogP contribution in [0.2, 0.25) is 0 Å². The molecule has 0 atom stereocenters. The molecule has 0 aliphatic carbocycles. The lowest BCUT2D eigenvalue weighted by Crippen LogP contribution is -2.04. The molecule has 0 spiro atoms. The van der Waals surface area contributed by atoms with Crippen molar-refractivity contribution in [1.29, 1.82) is 0 Å². The summed E-state index contributed by atoms with van der Waals surface area (Å²) in [5.74, 6) is -2.44. The van der Waals surface area contributed by atoms with Crippen LogP contribution in [0.15, 0.2) is 12.2 Å². The SMILES string of the molecule is C=C(CC(=O)O)C(=O)O.CN. The van der Waals surface area contributed by atoms with E-state index in [0.717, 1.165) is 0 Å². The maximum Gasteiger partial charge on any atom is 0.331 e. The van der Waals surface area contributed by atoms with Crippen molar-refractivity contribution in [3.63, 3.8) is 0 Å². The molecule has 0 saturated carbocycles. The number of aliphatic carboxylic acids is 2. The third kappa shape index (κ3) is 8.64. The molecule has 0 aromatic carbocycles. The van der Waals surface area contributed by atoms with E-state index in [2.05, 4.69) is 12.3 Å². The zero-order valence-corrected chi connectivity index (χ0v) is 6.20. The molecule has 0 unspecified atom stereocenters. The van der Waals surface area contributed by atoms with Gasteiger partial charge in [-0.15, -0.1) is 0 Å². The summed E-state index contributed by atoms with van der Waals surface area (Å²) in [6.45, 7) is 3.01. The Hall–Kier alpha value is -1.36. The van der Waals surface area contributed by atoms with Gasteiger partial charge in [-0.25, -0.2) is 4.79 Å². The maximum atomic E-state index is 9.87. The minimum Gasteiger partial charge on any atom is -0.481 e. The Morgan fingerprint density at radius 3 is 1.82 bits per heavy atom. The van der Waals surface area contributed by atoms with Crippen LogP contribution in [0.4, 0.5) is 0 Å². The first-order chi connectivity index (χ1) is 5.04. The summed E-state index contributed by atoms with van der Waals surface area (Å²) in [4.78, 5) is 19.7. The van der Waals surface area contributed by atoms with Crippen molar-refractivity contribution in [2.24, 2.45) is 5.73 Å². The van der Waals surface area contributed by atoms with E-state index >= 15 is 0 Å². The molecule has 0 fully saturated rings. The van der Waals surface area contributed by atoms with Crippen LogP contribution in [0.5, 0.6) is 0 Å². The van der Waals surface area contributed by atoms with Crippen molar-refractivity contribution < 1.29 is 19.8 Å². The van der Waals surface area contributed by atoms with E-state index < -0.39 is 18.4 Å². The molecule has 0 heterocycles. The van der Waals surface area contributed by atoms with Crippen LogP contribution in [0.3, 0.4) is 0 Å². The van der Waals surface area contributed by atoms with Gasteiger partial charge in [-0.1, -0.05) is 6.58 Å². The van der Waals surface area contributed by atoms with E-state index in [0.29, 0.717) is 0 Å². The molecule has 0 saturated heterocycles. The standard InChI is InChI=1S/C5H6O4.CH5N/c1-3(5(8)9)2-4(6)7;1-2/h1-2H2,(H,6,7)(H,8,9);2H2,1H3. The predicted molar refractivity (Wildman–Crippen MR) is 39.1 cm³/mol. The van der Waals surface area contributed by atoms with E-state index in [4.69, 9.17) is 10.2 Å². The quantitative estimate of drug-likeness (QED) is 0.492. The number of carboxylic acids is 2. The Morgan fingerprint density at radius 2 is 1.73 bits per heavy atom. The largest absolute Gasteiger partial charge is 0.481 e. The fourth-order valence-electron chi connectivity index (χ4n) is 0.258. The van der Waals surface area contributed by atoms with Gasteiger partial charge < -0.3 is 15.9 Å². The van der Waals surface area contributed by atoms with E-state index in [1.807, 2.05) is 0 Å². The summed E-state index contributed by atoms with van der Waals surface area (Å²) in [7, 11) is 1.50. The van der Waals surface area contributed by atoms with Crippen molar-refractivity contribution in [3.05, 3.63) is 12.2 Å². The molecular formula is C6H11NO4. The molecule has 0 bridgehead atoms. The third-order valence-corrected chi connectivity index (χ3v) is 0.667. The Balaban J connectivity index is 0. The van der Waals surface area contributed by atoms with Crippen LogP contribution in [0.25, 0.3) is 0 Å². The molecule has 5 heteroatoms. The molecule has 0 rings (SSSR count). The Kier molecular flexibility index (Phi) is 7.57. The number of hydrogen-bond donors (Lipinski definition) is 3. The van der Waals surface area contributed by atoms with Crippen molar-refractivity contribution in [1.82, 2.24) is 0 Å². The van der Waals surface area contributed by atoms with E-state index in [-0.39, 0.29) is 5.57 Å². The fourth-order valence-corrected chi connectivity index (χ4v) is 0.258. The summed E-state index contributed by atoms with van der Waals surface area (Å²) in [5.41, 5.74) is 4.20. The average Bonchev–Trinajstić information content (AvgIpc) is 1.90. The van der Waals surface area contributed by atoms with Crippen molar-refractivity contribution in [2.75, 3.05) is 7.05 Å². The van der Waals surface area contributed by atoms with Crippen LogP contribution >= 0.6 is 0 Å². The first-order valence-corrected chi connectivity index (χ1v) is 2.74. The normalized spacial score (nSPS) is 7.45.